The fourth-order valence-corrected chi connectivity index (χ4v) is 3.40. The van der Waals surface area contributed by atoms with Crippen molar-refractivity contribution < 1.29 is 4.79 Å². The third-order valence-corrected chi connectivity index (χ3v) is 4.84. The lowest BCUT2D eigenvalue weighted by atomic mass is 9.95. The van der Waals surface area contributed by atoms with Gasteiger partial charge in [-0.3, -0.25) is 4.68 Å². The molecule has 0 saturated heterocycles. The Hall–Kier alpha value is -2.37. The molecule has 1 N–H and O–H groups in total. The number of benzene rings is 1. The van der Waals surface area contributed by atoms with Gasteiger partial charge in [0.25, 0.3) is 0 Å². The number of amides is 2. The molecule has 0 spiro atoms. The second-order valence-electron chi connectivity index (χ2n) is 6.59. The number of hydrogen-bond acceptors (Lipinski definition) is 3. The summed E-state index contributed by atoms with van der Waals surface area (Å²) in [5, 5.41) is 7.25. The van der Waals surface area contributed by atoms with Gasteiger partial charge in [0.2, 0.25) is 0 Å². The predicted octanol–water partition coefficient (Wildman–Crippen LogP) is 2.37. The van der Waals surface area contributed by atoms with E-state index in [2.05, 4.69) is 39.7 Å². The number of carbonyl (C=O) groups excluding carboxylic acids is 1. The molecule has 2 aromatic rings. The van der Waals surface area contributed by atoms with Gasteiger partial charge in [0.05, 0.1) is 6.54 Å². The van der Waals surface area contributed by atoms with Crippen molar-refractivity contribution in [2.75, 3.05) is 7.05 Å². The zero-order valence-corrected chi connectivity index (χ0v) is 14.4. The monoisotopic (exact) mass is 327 g/mol. The molecule has 1 aliphatic carbocycles. The van der Waals surface area contributed by atoms with Gasteiger partial charge in [0.1, 0.15) is 12.2 Å². The fourth-order valence-electron chi connectivity index (χ4n) is 3.40. The molecule has 24 heavy (non-hydrogen) atoms. The van der Waals surface area contributed by atoms with Crippen LogP contribution in [0.25, 0.3) is 0 Å². The smallest absolute Gasteiger partial charge is 0.317 e. The van der Waals surface area contributed by atoms with Crippen molar-refractivity contribution in [3.8, 4) is 0 Å². The summed E-state index contributed by atoms with van der Waals surface area (Å²) in [4.78, 5) is 18.3. The van der Waals surface area contributed by atoms with Crippen LogP contribution in [0.2, 0.25) is 0 Å². The van der Waals surface area contributed by atoms with E-state index in [-0.39, 0.29) is 12.1 Å². The third-order valence-electron chi connectivity index (χ3n) is 4.84. The summed E-state index contributed by atoms with van der Waals surface area (Å²) in [7, 11) is 3.63. The van der Waals surface area contributed by atoms with E-state index in [0.717, 1.165) is 18.7 Å². The van der Waals surface area contributed by atoms with Crippen molar-refractivity contribution in [2.45, 2.75) is 38.3 Å². The third kappa shape index (κ3) is 3.93. The molecule has 3 rings (SSSR count). The lowest BCUT2D eigenvalue weighted by Crippen LogP contribution is -2.44. The van der Waals surface area contributed by atoms with Gasteiger partial charge in [-0.1, -0.05) is 36.8 Å². The lowest BCUT2D eigenvalue weighted by molar-refractivity contribution is 0.197. The number of nitrogens with zero attached hydrogens (tertiary/aromatic N) is 4. The summed E-state index contributed by atoms with van der Waals surface area (Å²) in [6.07, 6.45) is 5.94. The van der Waals surface area contributed by atoms with E-state index in [1.54, 1.807) is 16.6 Å². The van der Waals surface area contributed by atoms with Crippen LogP contribution in [0.3, 0.4) is 0 Å². The fraction of sp³-hybridized carbons (Fsp3) is 0.500. The maximum absolute atomic E-state index is 12.5. The van der Waals surface area contributed by atoms with E-state index in [4.69, 9.17) is 0 Å². The minimum absolute atomic E-state index is 0.0389. The molecule has 6 nitrogen and oxygen atoms in total. The normalized spacial score (nSPS) is 20.1. The molecule has 1 aliphatic rings. The first-order valence-electron chi connectivity index (χ1n) is 8.52. The molecule has 2 atom stereocenters. The highest BCUT2D eigenvalue weighted by Crippen LogP contribution is 2.29. The van der Waals surface area contributed by atoms with Gasteiger partial charge in [0.15, 0.2) is 0 Å². The van der Waals surface area contributed by atoms with Gasteiger partial charge in [-0.05, 0) is 30.7 Å². The van der Waals surface area contributed by atoms with Crippen LogP contribution in [0.15, 0.2) is 36.7 Å². The molecule has 0 aliphatic heterocycles. The van der Waals surface area contributed by atoms with Crippen molar-refractivity contribution in [3.63, 3.8) is 0 Å². The molecule has 128 valence electrons. The highest BCUT2D eigenvalue weighted by atomic mass is 16.2. The van der Waals surface area contributed by atoms with E-state index in [0.29, 0.717) is 12.5 Å². The standard InChI is InChI=1S/C18H25N5O/c1-22(12-17-19-13-20-23(17)2)18(24)21-16-10-6-9-15(16)11-14-7-4-3-5-8-14/h3-5,7-8,13,15-16H,6,9-12H2,1-2H3,(H,21,24)/t15-,16-/m0/s1. The number of urea groups is 1. The first-order chi connectivity index (χ1) is 11.6. The Morgan fingerprint density at radius 3 is 2.83 bits per heavy atom. The lowest BCUT2D eigenvalue weighted by Gasteiger charge is -2.25. The van der Waals surface area contributed by atoms with Crippen molar-refractivity contribution in [2.24, 2.45) is 13.0 Å². The van der Waals surface area contributed by atoms with Crippen LogP contribution in [0, 0.1) is 5.92 Å². The minimum Gasteiger partial charge on any atom is -0.335 e. The van der Waals surface area contributed by atoms with Crippen molar-refractivity contribution in [3.05, 3.63) is 48.0 Å². The van der Waals surface area contributed by atoms with E-state index >= 15 is 0 Å². The second-order valence-corrected chi connectivity index (χ2v) is 6.59. The molecular formula is C18H25N5O. The number of rotatable bonds is 5. The average molecular weight is 327 g/mol. The Labute approximate surface area is 142 Å². The van der Waals surface area contributed by atoms with Crippen LogP contribution in [0.5, 0.6) is 0 Å². The Morgan fingerprint density at radius 2 is 2.12 bits per heavy atom. The van der Waals surface area contributed by atoms with Crippen molar-refractivity contribution >= 4 is 6.03 Å². The number of aromatic nitrogens is 3. The summed E-state index contributed by atoms with van der Waals surface area (Å²) >= 11 is 0. The molecule has 1 heterocycles. The number of nitrogens with one attached hydrogen (secondary N) is 1. The van der Waals surface area contributed by atoms with E-state index < -0.39 is 0 Å². The quantitative estimate of drug-likeness (QED) is 0.917. The minimum atomic E-state index is -0.0389. The van der Waals surface area contributed by atoms with Gasteiger partial charge < -0.3 is 10.2 Å². The van der Waals surface area contributed by atoms with E-state index in [1.807, 2.05) is 13.1 Å². The van der Waals surface area contributed by atoms with E-state index in [1.165, 1.54) is 24.7 Å². The zero-order valence-electron chi connectivity index (χ0n) is 14.4. The van der Waals surface area contributed by atoms with Gasteiger partial charge >= 0.3 is 6.03 Å². The summed E-state index contributed by atoms with van der Waals surface area (Å²) in [5.74, 6) is 1.29. The Kier molecular flexibility index (Phi) is 5.13. The van der Waals surface area contributed by atoms with Gasteiger partial charge in [-0.15, -0.1) is 0 Å². The molecular weight excluding hydrogens is 302 g/mol. The number of carbonyl (C=O) groups is 1. The molecule has 1 saturated carbocycles. The number of hydrogen-bond donors (Lipinski definition) is 1. The molecule has 1 aromatic carbocycles. The highest BCUT2D eigenvalue weighted by molar-refractivity contribution is 5.74. The average Bonchev–Trinajstić information content (AvgIpc) is 3.18. The predicted molar refractivity (Wildman–Crippen MR) is 92.3 cm³/mol. The van der Waals surface area contributed by atoms with Crippen LogP contribution in [-0.2, 0) is 20.0 Å². The molecule has 0 radical (unpaired) electrons. The van der Waals surface area contributed by atoms with Crippen molar-refractivity contribution in [1.82, 2.24) is 25.0 Å². The molecule has 1 fully saturated rings. The molecule has 0 unspecified atom stereocenters. The van der Waals surface area contributed by atoms with Crippen LogP contribution < -0.4 is 5.32 Å². The Bertz CT molecular complexity index is 669. The Balaban J connectivity index is 1.55. The first kappa shape index (κ1) is 16.5. The maximum atomic E-state index is 12.5. The van der Waals surface area contributed by atoms with Crippen LogP contribution in [-0.4, -0.2) is 38.8 Å². The van der Waals surface area contributed by atoms with Crippen LogP contribution in [0.4, 0.5) is 4.79 Å². The summed E-state index contributed by atoms with van der Waals surface area (Å²) in [6, 6.07) is 10.7. The summed E-state index contributed by atoms with van der Waals surface area (Å²) in [6.45, 7) is 0.457. The zero-order chi connectivity index (χ0) is 16.9. The second kappa shape index (κ2) is 7.47. The first-order valence-corrected chi connectivity index (χ1v) is 8.52. The molecule has 1 aromatic heterocycles. The van der Waals surface area contributed by atoms with Crippen molar-refractivity contribution in [1.29, 1.82) is 0 Å². The maximum Gasteiger partial charge on any atom is 0.317 e. The number of aryl methyl sites for hydroxylation is 1. The van der Waals surface area contributed by atoms with E-state index in [9.17, 15) is 4.79 Å². The van der Waals surface area contributed by atoms with Gasteiger partial charge in [0, 0.05) is 20.1 Å². The van der Waals surface area contributed by atoms with Crippen LogP contribution >= 0.6 is 0 Å². The van der Waals surface area contributed by atoms with Gasteiger partial charge in [-0.25, -0.2) is 9.78 Å². The van der Waals surface area contributed by atoms with Crippen LogP contribution in [0.1, 0.15) is 30.7 Å². The highest BCUT2D eigenvalue weighted by Gasteiger charge is 2.29. The molecule has 0 bridgehead atoms. The Morgan fingerprint density at radius 1 is 1.33 bits per heavy atom. The largest absolute Gasteiger partial charge is 0.335 e. The molecule has 2 amide bonds. The SMILES string of the molecule is CN(Cc1ncnn1C)C(=O)N[C@H]1CCC[C@H]1Cc1ccccc1. The molecule has 6 heteroatoms. The topological polar surface area (TPSA) is 63.1 Å². The summed E-state index contributed by atoms with van der Waals surface area (Å²) < 4.78 is 1.69. The summed E-state index contributed by atoms with van der Waals surface area (Å²) in [5.41, 5.74) is 1.34. The van der Waals surface area contributed by atoms with Gasteiger partial charge in [-0.2, -0.15) is 5.10 Å².